The van der Waals surface area contributed by atoms with Crippen LogP contribution in [0.15, 0.2) is 53.4 Å². The van der Waals surface area contributed by atoms with E-state index in [1.54, 1.807) is 24.9 Å². The second-order valence-electron chi connectivity index (χ2n) is 5.13. The highest BCUT2D eigenvalue weighted by Crippen LogP contribution is 2.28. The minimum Gasteiger partial charge on any atom is -0.493 e. The molecule has 2 rings (SSSR count). The second-order valence-corrected chi connectivity index (χ2v) is 6.01. The zero-order valence-electron chi connectivity index (χ0n) is 14.7. The number of hydrogen-bond donors (Lipinski definition) is 0. The molecule has 0 unspecified atom stereocenters. The molecule has 0 aliphatic carbocycles. The Labute approximate surface area is 152 Å². The normalized spacial score (nSPS) is 10.7. The number of hydrogen-bond acceptors (Lipinski definition) is 5. The molecule has 25 heavy (non-hydrogen) atoms. The molecular formula is C20H22O4S. The average molecular weight is 358 g/mol. The molecule has 0 aliphatic heterocycles. The number of rotatable bonds is 8. The maximum atomic E-state index is 11.9. The van der Waals surface area contributed by atoms with E-state index in [1.165, 1.54) is 11.0 Å². The molecule has 132 valence electrons. The summed E-state index contributed by atoms with van der Waals surface area (Å²) in [7, 11) is 1.59. The molecule has 0 fully saturated rings. The molecule has 0 saturated heterocycles. The summed E-state index contributed by atoms with van der Waals surface area (Å²) in [4.78, 5) is 13.1. The van der Waals surface area contributed by atoms with Crippen molar-refractivity contribution in [2.24, 2.45) is 0 Å². The summed E-state index contributed by atoms with van der Waals surface area (Å²) >= 11 is 1.68. The van der Waals surface area contributed by atoms with Crippen molar-refractivity contribution < 1.29 is 19.0 Å². The van der Waals surface area contributed by atoms with Crippen molar-refractivity contribution in [3.8, 4) is 11.5 Å². The third-order valence-electron chi connectivity index (χ3n) is 3.44. The average Bonchev–Trinajstić information content (AvgIpc) is 2.65. The van der Waals surface area contributed by atoms with Gasteiger partial charge in [-0.15, -0.1) is 11.8 Å². The largest absolute Gasteiger partial charge is 0.493 e. The summed E-state index contributed by atoms with van der Waals surface area (Å²) in [5.41, 5.74) is 1.80. The molecule has 0 aliphatic rings. The maximum absolute atomic E-state index is 11.9. The van der Waals surface area contributed by atoms with E-state index in [-0.39, 0.29) is 12.6 Å². The van der Waals surface area contributed by atoms with Gasteiger partial charge in [-0.25, -0.2) is 4.79 Å². The van der Waals surface area contributed by atoms with Gasteiger partial charge in [0.25, 0.3) is 0 Å². The molecule has 2 aromatic carbocycles. The minimum atomic E-state index is -0.386. The van der Waals surface area contributed by atoms with Crippen molar-refractivity contribution in [3.05, 3.63) is 59.7 Å². The van der Waals surface area contributed by atoms with Crippen LogP contribution in [0.4, 0.5) is 0 Å². The van der Waals surface area contributed by atoms with Gasteiger partial charge in [0.05, 0.1) is 13.7 Å². The van der Waals surface area contributed by atoms with Crippen LogP contribution in [0.25, 0.3) is 6.08 Å². The van der Waals surface area contributed by atoms with Crippen LogP contribution in [0, 0.1) is 0 Å². The van der Waals surface area contributed by atoms with Crippen LogP contribution in [-0.4, -0.2) is 25.9 Å². The van der Waals surface area contributed by atoms with Gasteiger partial charge in [0.2, 0.25) is 0 Å². The first-order valence-corrected chi connectivity index (χ1v) is 9.17. The standard InChI is InChI=1S/C20H22O4S/c1-4-23-19-13-15(7-11-18(19)22-2)8-12-20(21)24-14-16-5-9-17(25-3)10-6-16/h5-13H,4,14H2,1-3H3/b12-8+. The summed E-state index contributed by atoms with van der Waals surface area (Å²) in [6.45, 7) is 2.70. The third-order valence-corrected chi connectivity index (χ3v) is 4.18. The first-order valence-electron chi connectivity index (χ1n) is 7.95. The monoisotopic (exact) mass is 358 g/mol. The van der Waals surface area contributed by atoms with Crippen LogP contribution in [-0.2, 0) is 16.1 Å². The lowest BCUT2D eigenvalue weighted by Gasteiger charge is -2.09. The van der Waals surface area contributed by atoms with Gasteiger partial charge in [0, 0.05) is 11.0 Å². The van der Waals surface area contributed by atoms with Crippen LogP contribution in [0.2, 0.25) is 0 Å². The SMILES string of the molecule is CCOc1cc(/C=C/C(=O)OCc2ccc(SC)cc2)ccc1OC. The number of esters is 1. The quantitative estimate of drug-likeness (QED) is 0.393. The van der Waals surface area contributed by atoms with E-state index in [2.05, 4.69) is 0 Å². The Bertz CT molecular complexity index is 723. The summed E-state index contributed by atoms with van der Waals surface area (Å²) in [6.07, 6.45) is 5.13. The number of thioether (sulfide) groups is 1. The van der Waals surface area contributed by atoms with Crippen molar-refractivity contribution in [1.29, 1.82) is 0 Å². The van der Waals surface area contributed by atoms with E-state index < -0.39 is 0 Å². The van der Waals surface area contributed by atoms with Crippen molar-refractivity contribution in [2.45, 2.75) is 18.4 Å². The van der Waals surface area contributed by atoms with Gasteiger partial charge < -0.3 is 14.2 Å². The lowest BCUT2D eigenvalue weighted by atomic mass is 10.2. The van der Waals surface area contributed by atoms with E-state index >= 15 is 0 Å². The van der Waals surface area contributed by atoms with Gasteiger partial charge >= 0.3 is 5.97 Å². The lowest BCUT2D eigenvalue weighted by molar-refractivity contribution is -0.138. The number of ether oxygens (including phenoxy) is 3. The predicted octanol–water partition coefficient (Wildman–Crippen LogP) is 4.57. The number of carbonyl (C=O) groups is 1. The topological polar surface area (TPSA) is 44.8 Å². The summed E-state index contributed by atoms with van der Waals surface area (Å²) in [5, 5.41) is 0. The molecule has 0 saturated carbocycles. The van der Waals surface area contributed by atoms with Gasteiger partial charge in [-0.1, -0.05) is 18.2 Å². The first kappa shape index (κ1) is 18.9. The van der Waals surface area contributed by atoms with Crippen LogP contribution in [0.5, 0.6) is 11.5 Å². The van der Waals surface area contributed by atoms with E-state index in [0.717, 1.165) is 11.1 Å². The number of carbonyl (C=O) groups excluding carboxylic acids is 1. The Morgan fingerprint density at radius 1 is 1.12 bits per heavy atom. The number of benzene rings is 2. The third kappa shape index (κ3) is 5.87. The fourth-order valence-corrected chi connectivity index (χ4v) is 2.56. The van der Waals surface area contributed by atoms with Gasteiger partial charge in [0.1, 0.15) is 6.61 Å². The van der Waals surface area contributed by atoms with Crippen molar-refractivity contribution in [2.75, 3.05) is 20.0 Å². The van der Waals surface area contributed by atoms with Gasteiger partial charge in [-0.2, -0.15) is 0 Å². The molecule has 0 N–H and O–H groups in total. The Hall–Kier alpha value is -2.40. The number of methoxy groups -OCH3 is 1. The molecule has 0 spiro atoms. The fraction of sp³-hybridized carbons (Fsp3) is 0.250. The van der Waals surface area contributed by atoms with E-state index in [0.29, 0.717) is 18.1 Å². The van der Waals surface area contributed by atoms with Crippen LogP contribution in [0.1, 0.15) is 18.1 Å². The zero-order valence-corrected chi connectivity index (χ0v) is 15.5. The highest BCUT2D eigenvalue weighted by Gasteiger charge is 2.05. The molecule has 0 atom stereocenters. The van der Waals surface area contributed by atoms with Gasteiger partial charge in [-0.05, 0) is 54.6 Å². The molecule has 0 aromatic heterocycles. The molecule has 4 nitrogen and oxygen atoms in total. The fourth-order valence-electron chi connectivity index (χ4n) is 2.15. The van der Waals surface area contributed by atoms with Crippen LogP contribution >= 0.6 is 11.8 Å². The molecule has 2 aromatic rings. The second kappa shape index (κ2) is 9.79. The molecule has 0 amide bonds. The van der Waals surface area contributed by atoms with E-state index in [9.17, 15) is 4.79 Å². The highest BCUT2D eigenvalue weighted by molar-refractivity contribution is 7.98. The molecule has 0 bridgehead atoms. The first-order chi connectivity index (χ1) is 12.2. The maximum Gasteiger partial charge on any atom is 0.331 e. The smallest absolute Gasteiger partial charge is 0.331 e. The minimum absolute atomic E-state index is 0.255. The summed E-state index contributed by atoms with van der Waals surface area (Å²) in [6, 6.07) is 13.4. The van der Waals surface area contributed by atoms with Crippen molar-refractivity contribution in [3.63, 3.8) is 0 Å². The van der Waals surface area contributed by atoms with E-state index in [1.807, 2.05) is 55.6 Å². The summed E-state index contributed by atoms with van der Waals surface area (Å²) < 4.78 is 16.0. The molecular weight excluding hydrogens is 336 g/mol. The van der Waals surface area contributed by atoms with Gasteiger partial charge in [-0.3, -0.25) is 0 Å². The Kier molecular flexibility index (Phi) is 7.41. The Morgan fingerprint density at radius 3 is 2.52 bits per heavy atom. The van der Waals surface area contributed by atoms with Crippen LogP contribution in [0.3, 0.4) is 0 Å². The Balaban J connectivity index is 1.93. The Morgan fingerprint density at radius 2 is 1.88 bits per heavy atom. The molecule has 0 radical (unpaired) electrons. The molecule has 5 heteroatoms. The molecule has 0 heterocycles. The van der Waals surface area contributed by atoms with Gasteiger partial charge in [0.15, 0.2) is 11.5 Å². The van der Waals surface area contributed by atoms with Crippen molar-refractivity contribution in [1.82, 2.24) is 0 Å². The van der Waals surface area contributed by atoms with Crippen molar-refractivity contribution >= 4 is 23.8 Å². The lowest BCUT2D eigenvalue weighted by Crippen LogP contribution is -2.00. The van der Waals surface area contributed by atoms with Crippen LogP contribution < -0.4 is 9.47 Å². The summed E-state index contributed by atoms with van der Waals surface area (Å²) in [5.74, 6) is 0.924. The van der Waals surface area contributed by atoms with E-state index in [4.69, 9.17) is 14.2 Å². The predicted molar refractivity (Wildman–Crippen MR) is 101 cm³/mol. The zero-order chi connectivity index (χ0) is 18.1. The highest BCUT2D eigenvalue weighted by atomic mass is 32.2.